The number of carbonyl (C=O) groups is 1. The van der Waals surface area contributed by atoms with Crippen LogP contribution in [0.4, 0.5) is 5.69 Å². The van der Waals surface area contributed by atoms with Crippen molar-refractivity contribution in [3.63, 3.8) is 0 Å². The van der Waals surface area contributed by atoms with Gasteiger partial charge in [-0.05, 0) is 5.39 Å². The van der Waals surface area contributed by atoms with Gasteiger partial charge in [-0.1, -0.05) is 36.4 Å². The van der Waals surface area contributed by atoms with Gasteiger partial charge in [-0.15, -0.1) is 0 Å². The molecule has 0 bridgehead atoms. The van der Waals surface area contributed by atoms with Crippen molar-refractivity contribution >= 4 is 22.4 Å². The highest BCUT2D eigenvalue weighted by Crippen LogP contribution is 2.21. The molecule has 0 aliphatic carbocycles. The molecule has 2 heteroatoms. The third-order valence-electron chi connectivity index (χ3n) is 2.02. The number of anilines is 1. The molecule has 0 saturated heterocycles. The highest BCUT2D eigenvalue weighted by molar-refractivity contribution is 6.01. The first kappa shape index (κ1) is 8.75. The fourth-order valence-electron chi connectivity index (χ4n) is 1.44. The molecule has 1 amide bonds. The zero-order valence-corrected chi connectivity index (χ0v) is 7.87. The Balaban J connectivity index is 2.59. The molecule has 1 N–H and O–H groups in total. The van der Waals surface area contributed by atoms with E-state index in [1.165, 1.54) is 6.92 Å². The smallest absolute Gasteiger partial charge is 0.221 e. The van der Waals surface area contributed by atoms with E-state index in [1.807, 2.05) is 36.4 Å². The third-order valence-corrected chi connectivity index (χ3v) is 2.02. The lowest BCUT2D eigenvalue weighted by molar-refractivity contribution is -0.114. The lowest BCUT2D eigenvalue weighted by Gasteiger charge is -2.05. The van der Waals surface area contributed by atoms with Crippen molar-refractivity contribution in [3.8, 4) is 0 Å². The molecule has 1 radical (unpaired) electrons. The average Bonchev–Trinajstić information content (AvgIpc) is 2.18. The predicted octanol–water partition coefficient (Wildman–Crippen LogP) is 2.60. The summed E-state index contributed by atoms with van der Waals surface area (Å²) in [6.07, 6.45) is 0. The lowest BCUT2D eigenvalue weighted by atomic mass is 10.1. The fraction of sp³-hybridized carbons (Fsp3) is 0.0833. The van der Waals surface area contributed by atoms with Gasteiger partial charge in [-0.3, -0.25) is 4.79 Å². The molecule has 2 aromatic carbocycles. The van der Waals surface area contributed by atoms with Crippen molar-refractivity contribution in [3.05, 3.63) is 42.5 Å². The maximum absolute atomic E-state index is 10.9. The number of carbonyl (C=O) groups excluding carboxylic acids is 1. The third kappa shape index (κ3) is 1.59. The van der Waals surface area contributed by atoms with E-state index < -0.39 is 0 Å². The van der Waals surface area contributed by atoms with E-state index in [2.05, 4.69) is 11.4 Å². The summed E-state index contributed by atoms with van der Waals surface area (Å²) >= 11 is 0. The van der Waals surface area contributed by atoms with Crippen molar-refractivity contribution < 1.29 is 4.79 Å². The maximum atomic E-state index is 10.9. The van der Waals surface area contributed by atoms with Crippen LogP contribution in [0.5, 0.6) is 0 Å². The van der Waals surface area contributed by atoms with Crippen LogP contribution < -0.4 is 5.32 Å². The zero-order chi connectivity index (χ0) is 9.97. The highest BCUT2D eigenvalue weighted by atomic mass is 16.1. The van der Waals surface area contributed by atoms with Gasteiger partial charge in [0.25, 0.3) is 0 Å². The minimum absolute atomic E-state index is 0.0717. The Morgan fingerprint density at radius 1 is 1.29 bits per heavy atom. The largest absolute Gasteiger partial charge is 0.325 e. The molecular formula is C12H10NO. The Morgan fingerprint density at radius 2 is 2.07 bits per heavy atom. The molecule has 0 heterocycles. The minimum atomic E-state index is -0.0717. The van der Waals surface area contributed by atoms with Crippen molar-refractivity contribution in [1.29, 1.82) is 0 Å². The van der Waals surface area contributed by atoms with Gasteiger partial charge in [0.1, 0.15) is 0 Å². The highest BCUT2D eigenvalue weighted by Gasteiger charge is 2.00. The summed E-state index contributed by atoms with van der Waals surface area (Å²) < 4.78 is 0. The van der Waals surface area contributed by atoms with Crippen LogP contribution in [0.2, 0.25) is 0 Å². The van der Waals surface area contributed by atoms with Crippen LogP contribution >= 0.6 is 0 Å². The van der Waals surface area contributed by atoms with E-state index in [0.717, 1.165) is 16.5 Å². The van der Waals surface area contributed by atoms with Crippen molar-refractivity contribution in [2.45, 2.75) is 6.92 Å². The first-order valence-corrected chi connectivity index (χ1v) is 4.44. The quantitative estimate of drug-likeness (QED) is 0.725. The first-order chi connectivity index (χ1) is 6.77. The first-order valence-electron chi connectivity index (χ1n) is 4.44. The Labute approximate surface area is 82.6 Å². The second-order valence-electron chi connectivity index (χ2n) is 3.12. The molecule has 2 nitrogen and oxygen atoms in total. The summed E-state index contributed by atoms with van der Waals surface area (Å²) in [6, 6.07) is 14.7. The SMILES string of the molecule is CC(=O)Nc1[c]ccc2ccccc12. The van der Waals surface area contributed by atoms with Crippen LogP contribution in [0.15, 0.2) is 36.4 Å². The second-order valence-corrected chi connectivity index (χ2v) is 3.12. The summed E-state index contributed by atoms with van der Waals surface area (Å²) in [7, 11) is 0. The summed E-state index contributed by atoms with van der Waals surface area (Å²) in [5, 5.41) is 4.88. The summed E-state index contributed by atoms with van der Waals surface area (Å²) in [5.41, 5.74) is 0.746. The van der Waals surface area contributed by atoms with Gasteiger partial charge < -0.3 is 5.32 Å². The molecule has 0 unspecified atom stereocenters. The number of nitrogens with one attached hydrogen (secondary N) is 1. The molecule has 69 valence electrons. The molecule has 2 rings (SSSR count). The van der Waals surface area contributed by atoms with E-state index in [1.54, 1.807) is 0 Å². The summed E-state index contributed by atoms with van der Waals surface area (Å²) in [6.45, 7) is 1.50. The van der Waals surface area contributed by atoms with Gasteiger partial charge in [-0.25, -0.2) is 0 Å². The van der Waals surface area contributed by atoms with Gasteiger partial charge in [0.05, 0.1) is 5.69 Å². The average molecular weight is 184 g/mol. The zero-order valence-electron chi connectivity index (χ0n) is 7.87. The van der Waals surface area contributed by atoms with Crippen molar-refractivity contribution in [2.24, 2.45) is 0 Å². The predicted molar refractivity (Wildman–Crippen MR) is 57.1 cm³/mol. The summed E-state index contributed by atoms with van der Waals surface area (Å²) in [4.78, 5) is 10.9. The Morgan fingerprint density at radius 3 is 2.86 bits per heavy atom. The van der Waals surface area contributed by atoms with Crippen LogP contribution in [0, 0.1) is 6.07 Å². The van der Waals surface area contributed by atoms with E-state index in [0.29, 0.717) is 0 Å². The standard InChI is InChI=1S/C12H10NO/c1-9(14)13-12-8-4-6-10-5-2-3-7-11(10)12/h2-7H,1H3,(H,13,14). The molecule has 0 aliphatic heterocycles. The Hall–Kier alpha value is -1.83. The Kier molecular flexibility index (Phi) is 2.19. The molecule has 0 aliphatic rings. The van der Waals surface area contributed by atoms with E-state index in [9.17, 15) is 4.79 Å². The van der Waals surface area contributed by atoms with Crippen molar-refractivity contribution in [2.75, 3.05) is 5.32 Å². The maximum Gasteiger partial charge on any atom is 0.221 e. The molecule has 0 fully saturated rings. The number of fused-ring (bicyclic) bond motifs is 1. The van der Waals surface area contributed by atoms with Crippen LogP contribution in [0.1, 0.15) is 6.92 Å². The van der Waals surface area contributed by atoms with Gasteiger partial charge in [0.2, 0.25) is 5.91 Å². The van der Waals surface area contributed by atoms with Gasteiger partial charge in [0.15, 0.2) is 0 Å². The number of hydrogen-bond acceptors (Lipinski definition) is 1. The summed E-state index contributed by atoms with van der Waals surface area (Å²) in [5.74, 6) is -0.0717. The van der Waals surface area contributed by atoms with Crippen molar-refractivity contribution in [1.82, 2.24) is 0 Å². The second kappa shape index (κ2) is 3.50. The monoisotopic (exact) mass is 184 g/mol. The molecular weight excluding hydrogens is 174 g/mol. The van der Waals surface area contributed by atoms with Crippen LogP contribution in [0.3, 0.4) is 0 Å². The van der Waals surface area contributed by atoms with E-state index in [4.69, 9.17) is 0 Å². The molecule has 0 atom stereocenters. The lowest BCUT2D eigenvalue weighted by Crippen LogP contribution is -2.05. The minimum Gasteiger partial charge on any atom is -0.325 e. The van der Waals surface area contributed by atoms with Gasteiger partial charge in [-0.2, -0.15) is 0 Å². The number of rotatable bonds is 1. The number of hydrogen-bond donors (Lipinski definition) is 1. The molecule has 0 saturated carbocycles. The molecule has 0 aromatic heterocycles. The normalized spacial score (nSPS) is 10.1. The fourth-order valence-corrected chi connectivity index (χ4v) is 1.44. The number of amides is 1. The van der Waals surface area contributed by atoms with Gasteiger partial charge in [0, 0.05) is 18.4 Å². The molecule has 0 spiro atoms. The molecule has 2 aromatic rings. The molecule has 14 heavy (non-hydrogen) atoms. The van der Waals surface area contributed by atoms with Crippen LogP contribution in [-0.4, -0.2) is 5.91 Å². The van der Waals surface area contributed by atoms with E-state index >= 15 is 0 Å². The van der Waals surface area contributed by atoms with Crippen LogP contribution in [-0.2, 0) is 4.79 Å². The van der Waals surface area contributed by atoms with Crippen LogP contribution in [0.25, 0.3) is 10.8 Å². The Bertz CT molecular complexity index is 471. The number of benzene rings is 2. The van der Waals surface area contributed by atoms with E-state index in [-0.39, 0.29) is 5.91 Å². The van der Waals surface area contributed by atoms with Gasteiger partial charge >= 0.3 is 0 Å². The topological polar surface area (TPSA) is 29.1 Å².